The highest BCUT2D eigenvalue weighted by Gasteiger charge is 2.35. The van der Waals surface area contributed by atoms with E-state index in [0.717, 1.165) is 46.3 Å². The van der Waals surface area contributed by atoms with Crippen molar-refractivity contribution in [2.24, 2.45) is 5.92 Å². The number of benzene rings is 1. The van der Waals surface area contributed by atoms with Crippen LogP contribution in [0.25, 0.3) is 10.1 Å². The summed E-state index contributed by atoms with van der Waals surface area (Å²) in [5.41, 5.74) is 1.66. The Hall–Kier alpha value is -2.41. The summed E-state index contributed by atoms with van der Waals surface area (Å²) in [6.45, 7) is 1.92. The van der Waals surface area contributed by atoms with Crippen LogP contribution in [-0.2, 0) is 11.2 Å². The second kappa shape index (κ2) is 7.44. The van der Waals surface area contributed by atoms with Crippen molar-refractivity contribution in [3.63, 3.8) is 0 Å². The van der Waals surface area contributed by atoms with Gasteiger partial charge in [-0.05, 0) is 48.4 Å². The molecular weight excluding hydrogens is 386 g/mol. The fourth-order valence-electron chi connectivity index (χ4n) is 4.96. The van der Waals surface area contributed by atoms with Crippen LogP contribution in [-0.4, -0.2) is 48.3 Å². The Morgan fingerprint density at radius 3 is 2.90 bits per heavy atom. The first-order valence-electron chi connectivity index (χ1n) is 10.5. The maximum Gasteiger partial charge on any atom is 0.261 e. The first-order valence-corrected chi connectivity index (χ1v) is 11.3. The molecule has 152 valence electrons. The van der Waals surface area contributed by atoms with E-state index in [9.17, 15) is 14.4 Å². The molecule has 1 atom stereocenters. The van der Waals surface area contributed by atoms with Gasteiger partial charge in [-0.2, -0.15) is 0 Å². The highest BCUT2D eigenvalue weighted by atomic mass is 32.1. The average molecular weight is 412 g/mol. The van der Waals surface area contributed by atoms with Gasteiger partial charge in [0.25, 0.3) is 11.8 Å². The number of likely N-dealkylation sites (tertiary alicyclic amines) is 1. The van der Waals surface area contributed by atoms with E-state index < -0.39 is 0 Å². The minimum atomic E-state index is -0.112. The van der Waals surface area contributed by atoms with Crippen molar-refractivity contribution < 1.29 is 14.4 Å². The number of amides is 3. The molecule has 3 aliphatic rings. The normalized spacial score (nSPS) is 22.2. The van der Waals surface area contributed by atoms with Crippen molar-refractivity contribution >= 4 is 39.1 Å². The number of rotatable bonds is 4. The second-order valence-corrected chi connectivity index (χ2v) is 9.44. The predicted octanol–water partition coefficient (Wildman–Crippen LogP) is 2.71. The Bertz CT molecular complexity index is 993. The molecule has 6 nitrogen and oxygen atoms in total. The van der Waals surface area contributed by atoms with Gasteiger partial charge < -0.3 is 15.5 Å². The smallest absolute Gasteiger partial charge is 0.261 e. The zero-order valence-electron chi connectivity index (χ0n) is 16.3. The molecule has 3 heterocycles. The number of nitrogens with zero attached hydrogens (tertiary/aromatic N) is 1. The summed E-state index contributed by atoms with van der Waals surface area (Å²) in [6, 6.07) is 6.07. The quantitative estimate of drug-likeness (QED) is 0.812. The molecule has 1 aromatic carbocycles. The van der Waals surface area contributed by atoms with E-state index in [2.05, 4.69) is 10.6 Å². The fraction of sp³-hybridized carbons (Fsp3) is 0.500. The molecule has 0 bridgehead atoms. The number of carbonyl (C=O) groups is 3. The molecule has 29 heavy (non-hydrogen) atoms. The van der Waals surface area contributed by atoms with Gasteiger partial charge in [0.2, 0.25) is 5.91 Å². The van der Waals surface area contributed by atoms with Gasteiger partial charge >= 0.3 is 0 Å². The monoisotopic (exact) mass is 411 g/mol. The summed E-state index contributed by atoms with van der Waals surface area (Å²) in [5, 5.41) is 6.91. The maximum absolute atomic E-state index is 12.7. The lowest BCUT2D eigenvalue weighted by molar-refractivity contribution is -0.129. The maximum atomic E-state index is 12.7. The van der Waals surface area contributed by atoms with E-state index in [0.29, 0.717) is 31.1 Å². The molecule has 3 amide bonds. The Labute approximate surface area is 173 Å². The predicted molar refractivity (Wildman–Crippen MR) is 112 cm³/mol. The zero-order valence-corrected chi connectivity index (χ0v) is 17.1. The first kappa shape index (κ1) is 18.6. The summed E-state index contributed by atoms with van der Waals surface area (Å²) < 4.78 is 1.04. The number of fused-ring (bicyclic) bond motifs is 3. The van der Waals surface area contributed by atoms with E-state index in [1.165, 1.54) is 24.2 Å². The number of hydrogen-bond donors (Lipinski definition) is 2. The Morgan fingerprint density at radius 1 is 1.24 bits per heavy atom. The van der Waals surface area contributed by atoms with Crippen LogP contribution in [0.3, 0.4) is 0 Å². The van der Waals surface area contributed by atoms with Crippen molar-refractivity contribution in [1.29, 1.82) is 0 Å². The molecule has 2 aromatic rings. The molecule has 1 saturated carbocycles. The van der Waals surface area contributed by atoms with Crippen LogP contribution in [0.1, 0.15) is 57.7 Å². The molecule has 1 aromatic heterocycles. The van der Waals surface area contributed by atoms with Gasteiger partial charge in [-0.1, -0.05) is 12.8 Å². The summed E-state index contributed by atoms with van der Waals surface area (Å²) in [4.78, 5) is 39.9. The van der Waals surface area contributed by atoms with Crippen molar-refractivity contribution in [2.75, 3.05) is 19.6 Å². The van der Waals surface area contributed by atoms with Gasteiger partial charge in [-0.15, -0.1) is 11.3 Å². The summed E-state index contributed by atoms with van der Waals surface area (Å²) in [5.74, 6) is 0.296. The number of hydrogen-bond acceptors (Lipinski definition) is 4. The van der Waals surface area contributed by atoms with Crippen LogP contribution >= 0.6 is 11.3 Å². The van der Waals surface area contributed by atoms with E-state index in [1.807, 2.05) is 23.1 Å². The van der Waals surface area contributed by atoms with Crippen LogP contribution in [0.4, 0.5) is 0 Å². The lowest BCUT2D eigenvalue weighted by Gasteiger charge is -2.24. The van der Waals surface area contributed by atoms with Crippen molar-refractivity contribution in [2.45, 2.75) is 44.6 Å². The number of carbonyl (C=O) groups excluding carboxylic acids is 3. The van der Waals surface area contributed by atoms with Crippen molar-refractivity contribution in [3.05, 3.63) is 34.2 Å². The van der Waals surface area contributed by atoms with Gasteiger partial charge in [0.15, 0.2) is 0 Å². The molecule has 1 aliphatic carbocycles. The summed E-state index contributed by atoms with van der Waals surface area (Å²) in [6.07, 6.45) is 6.00. The van der Waals surface area contributed by atoms with Crippen LogP contribution in [0.15, 0.2) is 18.2 Å². The van der Waals surface area contributed by atoms with Crippen molar-refractivity contribution in [1.82, 2.24) is 15.5 Å². The van der Waals surface area contributed by atoms with E-state index in [4.69, 9.17) is 0 Å². The van der Waals surface area contributed by atoms with Gasteiger partial charge in [-0.3, -0.25) is 14.4 Å². The standard InChI is InChI=1S/C22H25N3O3S/c26-19-9-13(12-25(19)15-3-1-2-4-15)11-24-21(27)14-5-6-18-17(10-14)16-7-8-23-22(28)20(16)29-18/h5-6,10,13,15H,1-4,7-9,11-12H2,(H,23,28)(H,24,27). The Balaban J connectivity index is 1.26. The lowest BCUT2D eigenvalue weighted by Crippen LogP contribution is -2.36. The molecule has 0 spiro atoms. The van der Waals surface area contributed by atoms with Gasteiger partial charge in [0.05, 0.1) is 4.88 Å². The molecule has 0 radical (unpaired) electrons. The second-order valence-electron chi connectivity index (χ2n) is 8.39. The highest BCUT2D eigenvalue weighted by molar-refractivity contribution is 7.21. The van der Waals surface area contributed by atoms with Gasteiger partial charge in [0, 0.05) is 48.3 Å². The molecular formula is C22H25N3O3S. The van der Waals surface area contributed by atoms with E-state index >= 15 is 0 Å². The minimum Gasteiger partial charge on any atom is -0.352 e. The SMILES string of the molecule is O=C(NCC1CC(=O)N(C2CCCC2)C1)c1ccc2sc3c(c2c1)CCNC3=O. The largest absolute Gasteiger partial charge is 0.352 e. The molecule has 1 unspecified atom stereocenters. The zero-order chi connectivity index (χ0) is 20.0. The molecule has 2 aliphatic heterocycles. The fourth-order valence-corrected chi connectivity index (χ4v) is 6.10. The molecule has 1 saturated heterocycles. The Kier molecular flexibility index (Phi) is 4.78. The van der Waals surface area contributed by atoms with Crippen molar-refractivity contribution in [3.8, 4) is 0 Å². The highest BCUT2D eigenvalue weighted by Crippen LogP contribution is 2.34. The molecule has 2 fully saturated rings. The molecule has 2 N–H and O–H groups in total. The molecule has 5 rings (SSSR count). The van der Waals surface area contributed by atoms with E-state index in [1.54, 1.807) is 0 Å². The third-order valence-electron chi connectivity index (χ3n) is 6.48. The van der Waals surface area contributed by atoms with Gasteiger partial charge in [0.1, 0.15) is 0 Å². The Morgan fingerprint density at radius 2 is 2.07 bits per heavy atom. The van der Waals surface area contributed by atoms with Crippen LogP contribution in [0.5, 0.6) is 0 Å². The lowest BCUT2D eigenvalue weighted by atomic mass is 10.0. The van der Waals surface area contributed by atoms with Crippen LogP contribution < -0.4 is 10.6 Å². The van der Waals surface area contributed by atoms with Crippen LogP contribution in [0.2, 0.25) is 0 Å². The average Bonchev–Trinajstić information content (AvgIpc) is 3.44. The third kappa shape index (κ3) is 3.41. The number of nitrogens with one attached hydrogen (secondary N) is 2. The minimum absolute atomic E-state index is 0.0174. The van der Waals surface area contributed by atoms with Gasteiger partial charge in [-0.25, -0.2) is 0 Å². The summed E-state index contributed by atoms with van der Waals surface area (Å²) in [7, 11) is 0. The van der Waals surface area contributed by atoms with E-state index in [-0.39, 0.29) is 23.6 Å². The topological polar surface area (TPSA) is 78.5 Å². The summed E-state index contributed by atoms with van der Waals surface area (Å²) >= 11 is 1.49. The third-order valence-corrected chi connectivity index (χ3v) is 7.69. The van der Waals surface area contributed by atoms with Crippen LogP contribution in [0, 0.1) is 5.92 Å². The first-order chi connectivity index (χ1) is 14.1. The molecule has 7 heteroatoms. The number of thiophene rings is 1.